The third kappa shape index (κ3) is 4.64. The Labute approximate surface area is 135 Å². The van der Waals surface area contributed by atoms with Crippen molar-refractivity contribution < 1.29 is 23.7 Å². The molecule has 0 bridgehead atoms. The van der Waals surface area contributed by atoms with Crippen molar-refractivity contribution in [3.8, 4) is 5.75 Å². The van der Waals surface area contributed by atoms with Crippen LogP contribution in [0.1, 0.15) is 12.8 Å². The second-order valence-corrected chi connectivity index (χ2v) is 6.33. The lowest BCUT2D eigenvalue weighted by molar-refractivity contribution is -0.0714. The number of benzene rings is 1. The van der Waals surface area contributed by atoms with Crippen molar-refractivity contribution in [2.45, 2.75) is 24.5 Å². The van der Waals surface area contributed by atoms with Crippen LogP contribution in [0.15, 0.2) is 24.3 Å². The van der Waals surface area contributed by atoms with Crippen LogP contribution in [0.25, 0.3) is 0 Å². The highest BCUT2D eigenvalue weighted by atomic mass is 19.1. The molecule has 0 aromatic heterocycles. The van der Waals surface area contributed by atoms with Crippen LogP contribution in [0.4, 0.5) is 4.39 Å². The largest absolute Gasteiger partial charge is 0.490 e. The minimum absolute atomic E-state index is 0.123. The average Bonchev–Trinajstić information content (AvgIpc) is 2.78. The molecule has 3 rings (SSSR count). The molecule has 0 unspecified atom stereocenters. The van der Waals surface area contributed by atoms with Gasteiger partial charge >= 0.3 is 0 Å². The van der Waals surface area contributed by atoms with Gasteiger partial charge in [0.1, 0.15) is 23.8 Å². The lowest BCUT2D eigenvalue weighted by Gasteiger charge is -2.37. The Balaban J connectivity index is 1.60. The van der Waals surface area contributed by atoms with Gasteiger partial charge in [0, 0.05) is 32.3 Å². The van der Waals surface area contributed by atoms with Crippen molar-refractivity contribution in [1.82, 2.24) is 4.90 Å². The maximum atomic E-state index is 12.9. The van der Waals surface area contributed by atoms with Crippen molar-refractivity contribution in [2.24, 2.45) is 0 Å². The van der Waals surface area contributed by atoms with Crippen LogP contribution in [0, 0.1) is 5.82 Å². The molecule has 23 heavy (non-hydrogen) atoms. The summed E-state index contributed by atoms with van der Waals surface area (Å²) in [5.41, 5.74) is -1.07. The van der Waals surface area contributed by atoms with E-state index in [1.54, 1.807) is 12.1 Å². The van der Waals surface area contributed by atoms with E-state index < -0.39 is 5.60 Å². The highest BCUT2D eigenvalue weighted by Gasteiger charge is 2.36. The molecule has 2 heterocycles. The van der Waals surface area contributed by atoms with E-state index in [4.69, 9.17) is 14.2 Å². The Morgan fingerprint density at radius 1 is 1.17 bits per heavy atom. The Kier molecular flexibility index (Phi) is 5.48. The van der Waals surface area contributed by atoms with Crippen molar-refractivity contribution in [3.63, 3.8) is 0 Å². The lowest BCUT2D eigenvalue weighted by atomic mass is 10.0. The summed E-state index contributed by atoms with van der Waals surface area (Å²) >= 11 is 0. The molecule has 1 aromatic carbocycles. The average molecular weight is 325 g/mol. The summed E-state index contributed by atoms with van der Waals surface area (Å²) in [5.74, 6) is 0.237. The van der Waals surface area contributed by atoms with Crippen LogP contribution < -0.4 is 4.74 Å². The fraction of sp³-hybridized carbons (Fsp3) is 0.647. The van der Waals surface area contributed by atoms with E-state index in [0.29, 0.717) is 24.9 Å². The van der Waals surface area contributed by atoms with Crippen LogP contribution in [0.5, 0.6) is 5.75 Å². The van der Waals surface area contributed by atoms with Gasteiger partial charge in [-0.05, 0) is 37.1 Å². The summed E-state index contributed by atoms with van der Waals surface area (Å²) in [6.45, 7) is 3.84. The molecule has 0 spiro atoms. The van der Waals surface area contributed by atoms with E-state index in [9.17, 15) is 9.50 Å². The first-order valence-corrected chi connectivity index (χ1v) is 8.15. The molecule has 2 aliphatic rings. The first kappa shape index (κ1) is 16.6. The summed E-state index contributed by atoms with van der Waals surface area (Å²) in [4.78, 5) is 2.28. The zero-order valence-electron chi connectivity index (χ0n) is 13.2. The SMILES string of the molecule is O[C@@]1(COc2ccc(F)cc2)COCCN(C2CCOCC2)C1. The number of nitrogens with zero attached hydrogens (tertiary/aromatic N) is 1. The summed E-state index contributed by atoms with van der Waals surface area (Å²) in [5, 5.41) is 10.9. The van der Waals surface area contributed by atoms with Gasteiger partial charge in [0.15, 0.2) is 0 Å². The standard InChI is InChI=1S/C17H24FNO4/c18-14-1-3-16(4-2-14)23-13-17(20)11-19(7-10-22-12-17)15-5-8-21-9-6-15/h1-4,15,20H,5-13H2/t17-/m1/s1. The molecule has 2 saturated heterocycles. The van der Waals surface area contributed by atoms with Crippen molar-refractivity contribution in [1.29, 1.82) is 0 Å². The number of aliphatic hydroxyl groups is 1. The van der Waals surface area contributed by atoms with Crippen molar-refractivity contribution in [2.75, 3.05) is 46.1 Å². The van der Waals surface area contributed by atoms with Crippen molar-refractivity contribution >= 4 is 0 Å². The minimum atomic E-state index is -1.07. The Morgan fingerprint density at radius 3 is 2.65 bits per heavy atom. The molecule has 0 amide bonds. The molecule has 6 heteroatoms. The monoisotopic (exact) mass is 325 g/mol. The van der Waals surface area contributed by atoms with Gasteiger partial charge in [0.05, 0.1) is 13.2 Å². The van der Waals surface area contributed by atoms with Crippen LogP contribution >= 0.6 is 0 Å². The van der Waals surface area contributed by atoms with E-state index in [1.165, 1.54) is 12.1 Å². The fourth-order valence-corrected chi connectivity index (χ4v) is 3.14. The number of rotatable bonds is 4. The smallest absolute Gasteiger partial charge is 0.134 e. The quantitative estimate of drug-likeness (QED) is 0.908. The van der Waals surface area contributed by atoms with Gasteiger partial charge in [0.2, 0.25) is 0 Å². The highest BCUT2D eigenvalue weighted by molar-refractivity contribution is 5.22. The predicted molar refractivity (Wildman–Crippen MR) is 83.1 cm³/mol. The molecule has 0 aliphatic carbocycles. The normalized spacial score (nSPS) is 27.6. The zero-order chi connectivity index (χ0) is 16.1. The molecule has 128 valence electrons. The van der Waals surface area contributed by atoms with E-state index in [0.717, 1.165) is 32.6 Å². The fourth-order valence-electron chi connectivity index (χ4n) is 3.14. The number of hydrogen-bond donors (Lipinski definition) is 1. The van der Waals surface area contributed by atoms with E-state index in [-0.39, 0.29) is 19.0 Å². The first-order valence-electron chi connectivity index (χ1n) is 8.15. The molecular formula is C17H24FNO4. The molecular weight excluding hydrogens is 301 g/mol. The summed E-state index contributed by atoms with van der Waals surface area (Å²) in [7, 11) is 0. The molecule has 2 fully saturated rings. The Morgan fingerprint density at radius 2 is 1.91 bits per heavy atom. The second kappa shape index (κ2) is 7.57. The zero-order valence-corrected chi connectivity index (χ0v) is 13.2. The van der Waals surface area contributed by atoms with Crippen LogP contribution in [-0.2, 0) is 9.47 Å². The van der Waals surface area contributed by atoms with Gasteiger partial charge in [-0.3, -0.25) is 4.90 Å². The summed E-state index contributed by atoms with van der Waals surface area (Å²) in [6.07, 6.45) is 1.96. The first-order chi connectivity index (χ1) is 11.1. The van der Waals surface area contributed by atoms with Gasteiger partial charge in [-0.15, -0.1) is 0 Å². The number of β-amino-alcohol motifs (C(OH)–C–C–N with tert-alkyl or cyclic N) is 1. The number of ether oxygens (including phenoxy) is 3. The Hall–Kier alpha value is -1.21. The van der Waals surface area contributed by atoms with Gasteiger partial charge in [-0.25, -0.2) is 4.39 Å². The summed E-state index contributed by atoms with van der Waals surface area (Å²) < 4.78 is 29.6. The molecule has 2 aliphatic heterocycles. The van der Waals surface area contributed by atoms with Gasteiger partial charge in [-0.1, -0.05) is 0 Å². The lowest BCUT2D eigenvalue weighted by Crippen LogP contribution is -2.52. The number of halogens is 1. The molecule has 0 radical (unpaired) electrons. The second-order valence-electron chi connectivity index (χ2n) is 6.33. The van der Waals surface area contributed by atoms with E-state index >= 15 is 0 Å². The maximum absolute atomic E-state index is 12.9. The van der Waals surface area contributed by atoms with Crippen molar-refractivity contribution in [3.05, 3.63) is 30.1 Å². The van der Waals surface area contributed by atoms with Crippen LogP contribution in [0.2, 0.25) is 0 Å². The van der Waals surface area contributed by atoms with E-state index in [2.05, 4.69) is 4.90 Å². The molecule has 1 atom stereocenters. The van der Waals surface area contributed by atoms with Gasteiger partial charge in [-0.2, -0.15) is 0 Å². The van der Waals surface area contributed by atoms with Gasteiger partial charge in [0.25, 0.3) is 0 Å². The topological polar surface area (TPSA) is 51.2 Å². The third-order valence-corrected chi connectivity index (χ3v) is 4.42. The highest BCUT2D eigenvalue weighted by Crippen LogP contribution is 2.21. The molecule has 1 aromatic rings. The summed E-state index contributed by atoms with van der Waals surface area (Å²) in [6, 6.07) is 6.23. The molecule has 5 nitrogen and oxygen atoms in total. The third-order valence-electron chi connectivity index (χ3n) is 4.42. The van der Waals surface area contributed by atoms with Crippen LogP contribution in [0.3, 0.4) is 0 Å². The van der Waals surface area contributed by atoms with Crippen LogP contribution in [-0.4, -0.2) is 67.8 Å². The number of hydrogen-bond acceptors (Lipinski definition) is 5. The molecule has 1 N–H and O–H groups in total. The van der Waals surface area contributed by atoms with E-state index in [1.807, 2.05) is 0 Å². The molecule has 0 saturated carbocycles. The Bertz CT molecular complexity index is 492. The minimum Gasteiger partial charge on any atom is -0.490 e. The van der Waals surface area contributed by atoms with Gasteiger partial charge < -0.3 is 19.3 Å². The predicted octanol–water partition coefficient (Wildman–Crippen LogP) is 1.45. The maximum Gasteiger partial charge on any atom is 0.134 e.